The van der Waals surface area contributed by atoms with Crippen molar-refractivity contribution in [2.45, 2.75) is 11.4 Å². The number of hydrogen-bond donors (Lipinski definition) is 0. The van der Waals surface area contributed by atoms with Gasteiger partial charge in [0.15, 0.2) is 15.0 Å². The highest BCUT2D eigenvalue weighted by molar-refractivity contribution is 7.90. The number of sulfone groups is 1. The highest BCUT2D eigenvalue weighted by Gasteiger charge is 2.22. The first-order valence-electron chi connectivity index (χ1n) is 8.87. The van der Waals surface area contributed by atoms with Crippen molar-refractivity contribution in [2.24, 2.45) is 0 Å². The Labute approximate surface area is 172 Å². The van der Waals surface area contributed by atoms with Crippen LogP contribution >= 0.6 is 11.3 Å². The fourth-order valence-electron chi connectivity index (χ4n) is 2.90. The third kappa shape index (κ3) is 4.20. The molecule has 0 saturated heterocycles. The lowest BCUT2D eigenvalue weighted by atomic mass is 10.2. The lowest BCUT2D eigenvalue weighted by molar-refractivity contribution is 0.0985. The fraction of sp³-hybridized carbons (Fsp3) is 0.150. The molecule has 0 aliphatic heterocycles. The molecule has 0 saturated carbocycles. The first-order valence-corrected chi connectivity index (χ1v) is 11.6. The number of thiazole rings is 1. The summed E-state index contributed by atoms with van der Waals surface area (Å²) >= 11 is 1.44. The number of amides is 1. The van der Waals surface area contributed by atoms with E-state index < -0.39 is 9.84 Å². The second-order valence-corrected chi connectivity index (χ2v) is 9.51. The van der Waals surface area contributed by atoms with Gasteiger partial charge in [-0.25, -0.2) is 13.4 Å². The molecule has 1 amide bonds. The van der Waals surface area contributed by atoms with Gasteiger partial charge >= 0.3 is 0 Å². The van der Waals surface area contributed by atoms with Crippen molar-refractivity contribution in [2.75, 3.05) is 17.7 Å². The van der Waals surface area contributed by atoms with Crippen molar-refractivity contribution in [3.8, 4) is 0 Å². The van der Waals surface area contributed by atoms with Gasteiger partial charge in [0.1, 0.15) is 0 Å². The topological polar surface area (TPSA) is 85.2 Å². The Hall–Kier alpha value is -3.04. The van der Waals surface area contributed by atoms with Gasteiger partial charge in [0.2, 0.25) is 0 Å². The minimum atomic E-state index is -3.32. The molecule has 0 spiro atoms. The van der Waals surface area contributed by atoms with Crippen LogP contribution in [0.2, 0.25) is 0 Å². The summed E-state index contributed by atoms with van der Waals surface area (Å²) in [5, 5.41) is 4.78. The summed E-state index contributed by atoms with van der Waals surface area (Å²) in [7, 11) is -3.32. The summed E-state index contributed by atoms with van der Waals surface area (Å²) in [6.07, 6.45) is 4.66. The predicted molar refractivity (Wildman–Crippen MR) is 113 cm³/mol. The quantitative estimate of drug-likeness (QED) is 0.472. The third-order valence-corrected chi connectivity index (χ3v) is 6.59. The second kappa shape index (κ2) is 7.76. The van der Waals surface area contributed by atoms with Crippen molar-refractivity contribution in [3.63, 3.8) is 0 Å². The molecule has 0 radical (unpaired) electrons. The molecule has 148 valence electrons. The van der Waals surface area contributed by atoms with E-state index in [9.17, 15) is 13.2 Å². The first-order chi connectivity index (χ1) is 13.9. The van der Waals surface area contributed by atoms with Crippen LogP contribution in [0.1, 0.15) is 10.4 Å². The molecule has 0 fully saturated rings. The van der Waals surface area contributed by atoms with Crippen molar-refractivity contribution < 1.29 is 13.2 Å². The average molecular weight is 427 g/mol. The lowest BCUT2D eigenvalue weighted by Crippen LogP contribution is -2.34. The molecule has 2 aromatic carbocycles. The van der Waals surface area contributed by atoms with Gasteiger partial charge in [-0.2, -0.15) is 5.10 Å². The molecule has 4 rings (SSSR count). The van der Waals surface area contributed by atoms with Gasteiger partial charge in [-0.1, -0.05) is 23.5 Å². The van der Waals surface area contributed by atoms with Crippen LogP contribution in [0.5, 0.6) is 0 Å². The molecular formula is C20H18N4O3S2. The Morgan fingerprint density at radius 3 is 2.52 bits per heavy atom. The average Bonchev–Trinajstić information content (AvgIpc) is 3.37. The monoisotopic (exact) mass is 426 g/mol. The fourth-order valence-corrected chi connectivity index (χ4v) is 4.52. The SMILES string of the molecule is CS(=O)(=O)c1ccc(C(=O)N(CCn2cccn2)c2nc3ccccc3s2)cc1. The van der Waals surface area contributed by atoms with Gasteiger partial charge in [0.25, 0.3) is 5.91 Å². The summed E-state index contributed by atoms with van der Waals surface area (Å²) in [6.45, 7) is 0.893. The van der Waals surface area contributed by atoms with E-state index >= 15 is 0 Å². The first kappa shape index (κ1) is 19.3. The number of para-hydroxylation sites is 1. The van der Waals surface area contributed by atoms with E-state index in [4.69, 9.17) is 0 Å². The van der Waals surface area contributed by atoms with Crippen LogP contribution in [0.25, 0.3) is 10.2 Å². The van der Waals surface area contributed by atoms with E-state index in [1.54, 1.807) is 15.8 Å². The lowest BCUT2D eigenvalue weighted by Gasteiger charge is -2.20. The molecular weight excluding hydrogens is 408 g/mol. The standard InChI is InChI=1S/C20H18N4O3S2/c1-29(26,27)16-9-7-15(8-10-16)19(25)24(14-13-23-12-4-11-21-23)20-22-17-5-2-3-6-18(17)28-20/h2-12H,13-14H2,1H3. The Bertz CT molecular complexity index is 1210. The summed E-state index contributed by atoms with van der Waals surface area (Å²) in [6, 6.07) is 15.5. The van der Waals surface area contributed by atoms with Crippen LogP contribution in [0, 0.1) is 0 Å². The van der Waals surface area contributed by atoms with Crippen molar-refractivity contribution in [1.82, 2.24) is 14.8 Å². The van der Waals surface area contributed by atoms with Gasteiger partial charge in [-0.05, 0) is 42.5 Å². The number of benzene rings is 2. The molecule has 29 heavy (non-hydrogen) atoms. The van der Waals surface area contributed by atoms with Crippen LogP contribution in [0.3, 0.4) is 0 Å². The zero-order chi connectivity index (χ0) is 20.4. The molecule has 0 N–H and O–H groups in total. The van der Waals surface area contributed by atoms with E-state index in [-0.39, 0.29) is 10.8 Å². The maximum atomic E-state index is 13.3. The van der Waals surface area contributed by atoms with Crippen LogP contribution in [-0.4, -0.2) is 41.9 Å². The summed E-state index contributed by atoms with van der Waals surface area (Å²) in [5.74, 6) is -0.240. The van der Waals surface area contributed by atoms with E-state index in [0.717, 1.165) is 16.5 Å². The second-order valence-electron chi connectivity index (χ2n) is 6.49. The number of aromatic nitrogens is 3. The number of rotatable bonds is 6. The molecule has 7 nitrogen and oxygen atoms in total. The summed E-state index contributed by atoms with van der Waals surface area (Å²) in [4.78, 5) is 19.7. The molecule has 0 bridgehead atoms. The number of carbonyl (C=O) groups excluding carboxylic acids is 1. The predicted octanol–water partition coefficient (Wildman–Crippen LogP) is 3.24. The van der Waals surface area contributed by atoms with E-state index in [0.29, 0.717) is 23.8 Å². The zero-order valence-electron chi connectivity index (χ0n) is 15.6. The summed E-state index contributed by atoms with van der Waals surface area (Å²) < 4.78 is 26.1. The molecule has 0 aliphatic rings. The van der Waals surface area contributed by atoms with E-state index in [1.807, 2.05) is 36.5 Å². The Kier molecular flexibility index (Phi) is 5.16. The minimum Gasteiger partial charge on any atom is -0.282 e. The van der Waals surface area contributed by atoms with Crippen LogP contribution in [-0.2, 0) is 16.4 Å². The van der Waals surface area contributed by atoms with Crippen LogP contribution in [0.4, 0.5) is 5.13 Å². The van der Waals surface area contributed by atoms with Gasteiger partial charge in [-0.3, -0.25) is 14.4 Å². The molecule has 0 atom stereocenters. The van der Waals surface area contributed by atoms with Crippen LogP contribution < -0.4 is 4.90 Å². The van der Waals surface area contributed by atoms with Gasteiger partial charge in [0.05, 0.1) is 21.7 Å². The molecule has 9 heteroatoms. The summed E-state index contributed by atoms with van der Waals surface area (Å²) in [5.41, 5.74) is 1.23. The third-order valence-electron chi connectivity index (χ3n) is 4.40. The Morgan fingerprint density at radius 1 is 1.10 bits per heavy atom. The maximum Gasteiger partial charge on any atom is 0.260 e. The van der Waals surface area contributed by atoms with Gasteiger partial charge in [-0.15, -0.1) is 0 Å². The highest BCUT2D eigenvalue weighted by atomic mass is 32.2. The number of carbonyl (C=O) groups is 1. The number of hydrogen-bond acceptors (Lipinski definition) is 6. The zero-order valence-corrected chi connectivity index (χ0v) is 17.2. The van der Waals surface area contributed by atoms with Crippen LogP contribution in [0.15, 0.2) is 71.9 Å². The number of nitrogens with zero attached hydrogens (tertiary/aromatic N) is 4. The Balaban J connectivity index is 1.67. The largest absolute Gasteiger partial charge is 0.282 e. The Morgan fingerprint density at radius 2 is 1.86 bits per heavy atom. The minimum absolute atomic E-state index is 0.178. The molecule has 4 aromatic rings. The normalized spacial score (nSPS) is 11.6. The van der Waals surface area contributed by atoms with Crippen molar-refractivity contribution >= 4 is 42.4 Å². The van der Waals surface area contributed by atoms with Gasteiger partial charge in [0, 0.05) is 30.8 Å². The van der Waals surface area contributed by atoms with Gasteiger partial charge < -0.3 is 0 Å². The molecule has 0 aliphatic carbocycles. The number of fused-ring (bicyclic) bond motifs is 1. The maximum absolute atomic E-state index is 13.3. The number of anilines is 1. The van der Waals surface area contributed by atoms with E-state index in [1.165, 1.54) is 35.6 Å². The van der Waals surface area contributed by atoms with Crippen molar-refractivity contribution in [3.05, 3.63) is 72.6 Å². The molecule has 0 unspecified atom stereocenters. The van der Waals surface area contributed by atoms with Crippen molar-refractivity contribution in [1.29, 1.82) is 0 Å². The smallest absolute Gasteiger partial charge is 0.260 e. The molecule has 2 heterocycles. The highest BCUT2D eigenvalue weighted by Crippen LogP contribution is 2.29. The van der Waals surface area contributed by atoms with E-state index in [2.05, 4.69) is 10.1 Å². The molecule has 2 aromatic heterocycles.